The van der Waals surface area contributed by atoms with Gasteiger partial charge in [0.15, 0.2) is 0 Å². The van der Waals surface area contributed by atoms with Crippen molar-refractivity contribution >= 4 is 5.97 Å². The lowest BCUT2D eigenvalue weighted by atomic mass is 10.1. The average molecular weight is 295 g/mol. The maximum Gasteiger partial charge on any atom is 0.313 e. The quantitative estimate of drug-likeness (QED) is 0.631. The zero-order chi connectivity index (χ0) is 15.5. The molecule has 1 aliphatic rings. The molecule has 3 heteroatoms. The third kappa shape index (κ3) is 2.98. The fourth-order valence-corrected chi connectivity index (χ4v) is 3.08. The fraction of sp³-hybridized carbons (Fsp3) is 0.316. The Morgan fingerprint density at radius 3 is 2.45 bits per heavy atom. The lowest BCUT2D eigenvalue weighted by molar-refractivity contribution is -0.148. The number of carbonyl (C=O) groups is 1. The van der Waals surface area contributed by atoms with Crippen molar-refractivity contribution in [1.29, 1.82) is 0 Å². The third-order valence-corrected chi connectivity index (χ3v) is 4.25. The molecule has 3 rings (SSSR count). The maximum absolute atomic E-state index is 12.2. The fourth-order valence-electron chi connectivity index (χ4n) is 3.08. The minimum atomic E-state index is -0.144. The number of esters is 1. The van der Waals surface area contributed by atoms with Crippen molar-refractivity contribution in [2.45, 2.75) is 32.9 Å². The van der Waals surface area contributed by atoms with Crippen LogP contribution in [0.25, 0.3) is 0 Å². The van der Waals surface area contributed by atoms with Gasteiger partial charge >= 0.3 is 5.97 Å². The highest BCUT2D eigenvalue weighted by molar-refractivity contribution is 5.75. The van der Waals surface area contributed by atoms with E-state index in [0.717, 1.165) is 12.0 Å². The first kappa shape index (κ1) is 14.6. The van der Waals surface area contributed by atoms with Crippen molar-refractivity contribution in [3.05, 3.63) is 71.6 Å². The molecule has 0 saturated carbocycles. The largest absolute Gasteiger partial charge is 0.460 e. The molecule has 0 unspecified atom stereocenters. The number of carbonyl (C=O) groups excluding carboxylic acids is 1. The number of allylic oxidation sites excluding steroid dienone is 1. The number of hydrogen-bond acceptors (Lipinski definition) is 2. The van der Waals surface area contributed by atoms with E-state index >= 15 is 0 Å². The summed E-state index contributed by atoms with van der Waals surface area (Å²) in [7, 11) is 0. The Kier molecular flexibility index (Phi) is 4.14. The lowest BCUT2D eigenvalue weighted by Gasteiger charge is -2.17. The van der Waals surface area contributed by atoms with Gasteiger partial charge in [-0.3, -0.25) is 4.79 Å². The number of aromatic nitrogens is 1. The Labute approximate surface area is 131 Å². The van der Waals surface area contributed by atoms with Gasteiger partial charge in [0.1, 0.15) is 6.61 Å². The van der Waals surface area contributed by atoms with Crippen LogP contribution in [0.4, 0.5) is 0 Å². The van der Waals surface area contributed by atoms with Gasteiger partial charge in [0.05, 0.1) is 12.0 Å². The Hall–Kier alpha value is -2.29. The SMILES string of the molecule is Cc1ccc(C)n1[C@@H]1C=C[C@H](C(=O)OCc2ccccc2)C1. The van der Waals surface area contributed by atoms with Gasteiger partial charge in [0, 0.05) is 11.4 Å². The number of aryl methyl sites for hydroxylation is 2. The predicted octanol–water partition coefficient (Wildman–Crippen LogP) is 3.97. The van der Waals surface area contributed by atoms with E-state index in [9.17, 15) is 4.79 Å². The molecule has 1 heterocycles. The van der Waals surface area contributed by atoms with Crippen LogP contribution in [-0.4, -0.2) is 10.5 Å². The zero-order valence-electron chi connectivity index (χ0n) is 13.0. The molecule has 0 saturated heterocycles. The van der Waals surface area contributed by atoms with Crippen LogP contribution in [-0.2, 0) is 16.1 Å². The number of hydrogen-bond donors (Lipinski definition) is 0. The number of rotatable bonds is 4. The molecule has 0 N–H and O–H groups in total. The topological polar surface area (TPSA) is 31.2 Å². The molecule has 0 fully saturated rings. The summed E-state index contributed by atoms with van der Waals surface area (Å²) in [5.74, 6) is -0.278. The first-order valence-corrected chi connectivity index (χ1v) is 7.68. The summed E-state index contributed by atoms with van der Waals surface area (Å²) in [5, 5.41) is 0. The van der Waals surface area contributed by atoms with E-state index in [0.29, 0.717) is 6.61 Å². The summed E-state index contributed by atoms with van der Waals surface area (Å²) in [6, 6.07) is 14.3. The Bertz CT molecular complexity index is 665. The van der Waals surface area contributed by atoms with E-state index in [4.69, 9.17) is 4.74 Å². The molecule has 0 bridgehead atoms. The summed E-state index contributed by atoms with van der Waals surface area (Å²) < 4.78 is 7.72. The van der Waals surface area contributed by atoms with E-state index in [1.807, 2.05) is 36.4 Å². The summed E-state index contributed by atoms with van der Waals surface area (Å²) in [6.07, 6.45) is 4.88. The minimum Gasteiger partial charge on any atom is -0.460 e. The lowest BCUT2D eigenvalue weighted by Crippen LogP contribution is -2.17. The normalized spacial score (nSPS) is 20.3. The predicted molar refractivity (Wildman–Crippen MR) is 86.4 cm³/mol. The van der Waals surface area contributed by atoms with E-state index < -0.39 is 0 Å². The van der Waals surface area contributed by atoms with Gasteiger partial charge in [-0.1, -0.05) is 42.5 Å². The van der Waals surface area contributed by atoms with Crippen molar-refractivity contribution in [3.8, 4) is 0 Å². The van der Waals surface area contributed by atoms with Gasteiger partial charge in [0.2, 0.25) is 0 Å². The molecular formula is C19H21NO2. The molecule has 1 aromatic carbocycles. The molecule has 114 valence electrons. The molecule has 0 amide bonds. The molecule has 2 atom stereocenters. The first-order valence-electron chi connectivity index (χ1n) is 7.68. The summed E-state index contributed by atoms with van der Waals surface area (Å²) in [6.45, 7) is 4.54. The second-order valence-electron chi connectivity index (χ2n) is 5.87. The molecule has 1 aromatic heterocycles. The van der Waals surface area contributed by atoms with Crippen LogP contribution in [0.1, 0.15) is 29.4 Å². The van der Waals surface area contributed by atoms with Gasteiger partial charge in [0.25, 0.3) is 0 Å². The second kappa shape index (κ2) is 6.22. The second-order valence-corrected chi connectivity index (χ2v) is 5.87. The van der Waals surface area contributed by atoms with Gasteiger partial charge in [-0.05, 0) is 38.0 Å². The molecule has 0 aliphatic heterocycles. The monoisotopic (exact) mass is 295 g/mol. The van der Waals surface area contributed by atoms with Crippen LogP contribution in [0.15, 0.2) is 54.6 Å². The van der Waals surface area contributed by atoms with Crippen molar-refractivity contribution in [3.63, 3.8) is 0 Å². The zero-order valence-corrected chi connectivity index (χ0v) is 13.0. The van der Waals surface area contributed by atoms with Crippen LogP contribution < -0.4 is 0 Å². The molecule has 0 spiro atoms. The van der Waals surface area contributed by atoms with Crippen LogP contribution in [0, 0.1) is 19.8 Å². The van der Waals surface area contributed by atoms with Gasteiger partial charge in [-0.25, -0.2) is 0 Å². The molecular weight excluding hydrogens is 274 g/mol. The maximum atomic E-state index is 12.2. The summed E-state index contributed by atoms with van der Waals surface area (Å²) in [5.41, 5.74) is 3.47. The Morgan fingerprint density at radius 1 is 1.09 bits per heavy atom. The smallest absolute Gasteiger partial charge is 0.313 e. The van der Waals surface area contributed by atoms with Crippen molar-refractivity contribution < 1.29 is 9.53 Å². The summed E-state index contributed by atoms with van der Waals surface area (Å²) >= 11 is 0. The highest BCUT2D eigenvalue weighted by Gasteiger charge is 2.28. The van der Waals surface area contributed by atoms with Crippen LogP contribution in [0.3, 0.4) is 0 Å². The standard InChI is InChI=1S/C19H21NO2/c1-14-8-9-15(2)20(14)18-11-10-17(12-18)19(21)22-13-16-6-4-3-5-7-16/h3-11,17-18H,12-13H2,1-2H3/t17-,18+/m0/s1. The molecule has 22 heavy (non-hydrogen) atoms. The van der Waals surface area contributed by atoms with Gasteiger partial charge in [-0.2, -0.15) is 0 Å². The molecule has 2 aromatic rings. The Balaban J connectivity index is 1.59. The van der Waals surface area contributed by atoms with Crippen molar-refractivity contribution in [1.82, 2.24) is 4.57 Å². The van der Waals surface area contributed by atoms with Crippen LogP contribution in [0.2, 0.25) is 0 Å². The van der Waals surface area contributed by atoms with E-state index in [2.05, 4.69) is 36.6 Å². The third-order valence-electron chi connectivity index (χ3n) is 4.25. The summed E-state index contributed by atoms with van der Waals surface area (Å²) in [4.78, 5) is 12.2. The van der Waals surface area contributed by atoms with Crippen LogP contribution in [0.5, 0.6) is 0 Å². The average Bonchev–Trinajstić information content (AvgIpc) is 3.13. The molecule has 3 nitrogen and oxygen atoms in total. The first-order chi connectivity index (χ1) is 10.6. The van der Waals surface area contributed by atoms with Crippen molar-refractivity contribution in [2.24, 2.45) is 5.92 Å². The highest BCUT2D eigenvalue weighted by Crippen LogP contribution is 2.31. The number of nitrogens with zero attached hydrogens (tertiary/aromatic N) is 1. The minimum absolute atomic E-state index is 0.134. The van der Waals surface area contributed by atoms with Gasteiger partial charge < -0.3 is 9.30 Å². The highest BCUT2D eigenvalue weighted by atomic mass is 16.5. The number of benzene rings is 1. The van der Waals surface area contributed by atoms with E-state index in [1.54, 1.807) is 0 Å². The van der Waals surface area contributed by atoms with Gasteiger partial charge in [-0.15, -0.1) is 0 Å². The number of ether oxygens (including phenoxy) is 1. The van der Waals surface area contributed by atoms with Crippen molar-refractivity contribution in [2.75, 3.05) is 0 Å². The van der Waals surface area contributed by atoms with Crippen LogP contribution >= 0.6 is 0 Å². The van der Waals surface area contributed by atoms with E-state index in [-0.39, 0.29) is 17.9 Å². The Morgan fingerprint density at radius 2 is 1.77 bits per heavy atom. The molecule has 0 radical (unpaired) electrons. The van der Waals surface area contributed by atoms with E-state index in [1.165, 1.54) is 11.4 Å². The molecule has 1 aliphatic carbocycles.